The fourth-order valence-electron chi connectivity index (χ4n) is 1.47. The molecule has 15 heavy (non-hydrogen) atoms. The van der Waals surface area contributed by atoms with Gasteiger partial charge in [0.2, 0.25) is 0 Å². The maximum atomic E-state index is 8.95. The van der Waals surface area contributed by atoms with Gasteiger partial charge in [0.1, 0.15) is 0 Å². The number of rotatable bonds is 3. The summed E-state index contributed by atoms with van der Waals surface area (Å²) < 4.78 is 0. The molecular formula is C14H17N. The highest BCUT2D eigenvalue weighted by atomic mass is 14.2. The van der Waals surface area contributed by atoms with Crippen LogP contribution in [0.25, 0.3) is 0 Å². The number of allylic oxidation sites excluding steroid dienone is 1. The van der Waals surface area contributed by atoms with E-state index < -0.39 is 0 Å². The fourth-order valence-corrected chi connectivity index (χ4v) is 1.47. The first-order chi connectivity index (χ1) is 7.08. The molecule has 0 bridgehead atoms. The van der Waals surface area contributed by atoms with E-state index in [9.17, 15) is 0 Å². The lowest BCUT2D eigenvalue weighted by Crippen LogP contribution is -1.95. The minimum Gasteiger partial charge on any atom is -0.192 e. The summed E-state index contributed by atoms with van der Waals surface area (Å²) in [5.41, 5.74) is 3.13. The molecule has 1 rings (SSSR count). The first-order valence-electron chi connectivity index (χ1n) is 5.26. The van der Waals surface area contributed by atoms with Crippen LogP contribution in [0.15, 0.2) is 30.9 Å². The van der Waals surface area contributed by atoms with E-state index in [1.54, 1.807) is 0 Å². The van der Waals surface area contributed by atoms with E-state index in [0.717, 1.165) is 5.56 Å². The van der Waals surface area contributed by atoms with Crippen LogP contribution < -0.4 is 0 Å². The zero-order valence-electron chi connectivity index (χ0n) is 9.62. The van der Waals surface area contributed by atoms with Crippen LogP contribution in [-0.4, -0.2) is 0 Å². The molecule has 0 spiro atoms. The van der Waals surface area contributed by atoms with Gasteiger partial charge in [-0.15, -0.1) is 6.58 Å². The Hall–Kier alpha value is -1.55. The van der Waals surface area contributed by atoms with Crippen molar-refractivity contribution in [3.05, 3.63) is 47.5 Å². The van der Waals surface area contributed by atoms with E-state index in [0.29, 0.717) is 11.8 Å². The second-order valence-electron chi connectivity index (χ2n) is 4.18. The van der Waals surface area contributed by atoms with Crippen molar-refractivity contribution in [2.45, 2.75) is 32.6 Å². The van der Waals surface area contributed by atoms with Crippen molar-refractivity contribution in [1.82, 2.24) is 0 Å². The summed E-state index contributed by atoms with van der Waals surface area (Å²) >= 11 is 0. The molecule has 1 unspecified atom stereocenters. The van der Waals surface area contributed by atoms with Crippen LogP contribution in [0.5, 0.6) is 0 Å². The monoisotopic (exact) mass is 199 g/mol. The van der Waals surface area contributed by atoms with Gasteiger partial charge in [0.25, 0.3) is 0 Å². The molecule has 0 saturated carbocycles. The Kier molecular flexibility index (Phi) is 3.68. The lowest BCUT2D eigenvalue weighted by molar-refractivity contribution is 0.855. The van der Waals surface area contributed by atoms with E-state index in [4.69, 9.17) is 5.26 Å². The van der Waals surface area contributed by atoms with Gasteiger partial charge in [-0.05, 0) is 35.1 Å². The van der Waals surface area contributed by atoms with Gasteiger partial charge in [0.05, 0.1) is 11.6 Å². The minimum absolute atomic E-state index is 0.302. The summed E-state index contributed by atoms with van der Waals surface area (Å²) in [6, 6.07) is 8.28. The normalized spacial score (nSPS) is 12.2. The van der Waals surface area contributed by atoms with Crippen LogP contribution >= 0.6 is 0 Å². The van der Waals surface area contributed by atoms with Crippen molar-refractivity contribution < 1.29 is 0 Å². The predicted molar refractivity (Wildman–Crippen MR) is 63.9 cm³/mol. The first-order valence-corrected chi connectivity index (χ1v) is 5.26. The van der Waals surface area contributed by atoms with Gasteiger partial charge in [-0.2, -0.15) is 5.26 Å². The predicted octanol–water partition coefficient (Wildman–Crippen LogP) is 3.97. The molecular weight excluding hydrogens is 182 g/mol. The zero-order valence-corrected chi connectivity index (χ0v) is 9.62. The molecule has 0 heterocycles. The number of nitrogens with zero attached hydrogens (tertiary/aromatic N) is 1. The third-order valence-corrected chi connectivity index (χ3v) is 2.65. The van der Waals surface area contributed by atoms with Gasteiger partial charge in [0.15, 0.2) is 0 Å². The van der Waals surface area contributed by atoms with E-state index >= 15 is 0 Å². The number of benzene rings is 1. The summed E-state index contributed by atoms with van der Waals surface area (Å²) in [7, 11) is 0. The molecule has 1 aromatic rings. The van der Waals surface area contributed by atoms with Crippen molar-refractivity contribution in [3.8, 4) is 6.07 Å². The van der Waals surface area contributed by atoms with Crippen molar-refractivity contribution in [2.75, 3.05) is 0 Å². The van der Waals surface area contributed by atoms with Gasteiger partial charge in [0, 0.05) is 0 Å². The summed E-state index contributed by atoms with van der Waals surface area (Å²) in [4.78, 5) is 0. The molecule has 1 atom stereocenters. The molecule has 0 aliphatic rings. The molecule has 0 radical (unpaired) electrons. The maximum absolute atomic E-state index is 8.95. The second-order valence-corrected chi connectivity index (χ2v) is 4.18. The zero-order chi connectivity index (χ0) is 11.4. The molecule has 0 saturated heterocycles. The molecule has 0 aliphatic heterocycles. The highest BCUT2D eigenvalue weighted by Crippen LogP contribution is 2.23. The Morgan fingerprint density at radius 2 is 1.80 bits per heavy atom. The molecule has 1 nitrogen and oxygen atoms in total. The van der Waals surface area contributed by atoms with Crippen LogP contribution in [-0.2, 0) is 0 Å². The van der Waals surface area contributed by atoms with Crippen molar-refractivity contribution >= 4 is 0 Å². The lowest BCUT2D eigenvalue weighted by atomic mass is 9.93. The van der Waals surface area contributed by atoms with Crippen LogP contribution in [0.1, 0.15) is 49.3 Å². The third kappa shape index (κ3) is 2.70. The third-order valence-electron chi connectivity index (χ3n) is 2.65. The van der Waals surface area contributed by atoms with Crippen LogP contribution in [0.3, 0.4) is 0 Å². The highest BCUT2D eigenvalue weighted by molar-refractivity contribution is 5.40. The Morgan fingerprint density at radius 3 is 2.27 bits per heavy atom. The second kappa shape index (κ2) is 4.79. The van der Waals surface area contributed by atoms with Crippen LogP contribution in [0.2, 0.25) is 0 Å². The average Bonchev–Trinajstić information content (AvgIpc) is 2.27. The van der Waals surface area contributed by atoms with E-state index in [2.05, 4.69) is 39.5 Å². The van der Waals surface area contributed by atoms with E-state index in [1.165, 1.54) is 11.1 Å². The number of hydrogen-bond acceptors (Lipinski definition) is 1. The molecule has 0 aliphatic carbocycles. The molecule has 1 heteroatoms. The van der Waals surface area contributed by atoms with Crippen LogP contribution in [0.4, 0.5) is 0 Å². The fraction of sp³-hybridized carbons (Fsp3) is 0.357. The minimum atomic E-state index is 0.302. The summed E-state index contributed by atoms with van der Waals surface area (Å²) in [6.45, 7) is 10.2. The standard InChI is InChI=1S/C14H17N/c1-5-11(4)14-7-12(9-15)6-13(8-14)10(2)3/h5-8,10-11H,1H2,2-4H3. The van der Waals surface area contributed by atoms with Crippen molar-refractivity contribution in [2.24, 2.45) is 0 Å². The molecule has 78 valence electrons. The summed E-state index contributed by atoms with van der Waals surface area (Å²) in [6.07, 6.45) is 1.90. The maximum Gasteiger partial charge on any atom is 0.0991 e. The molecule has 0 amide bonds. The Labute approximate surface area is 92.1 Å². The lowest BCUT2D eigenvalue weighted by Gasteiger charge is -2.12. The summed E-state index contributed by atoms with van der Waals surface area (Å²) in [5.74, 6) is 0.755. The Bertz CT molecular complexity index is 396. The number of nitriles is 1. The van der Waals surface area contributed by atoms with Gasteiger partial charge < -0.3 is 0 Å². The van der Waals surface area contributed by atoms with E-state index in [1.807, 2.05) is 18.2 Å². The molecule has 0 aromatic heterocycles. The van der Waals surface area contributed by atoms with Gasteiger partial charge in [-0.1, -0.05) is 32.9 Å². The van der Waals surface area contributed by atoms with Crippen LogP contribution in [0, 0.1) is 11.3 Å². The smallest absolute Gasteiger partial charge is 0.0991 e. The topological polar surface area (TPSA) is 23.8 Å². The largest absolute Gasteiger partial charge is 0.192 e. The quantitative estimate of drug-likeness (QED) is 0.676. The Balaban J connectivity index is 3.24. The first kappa shape index (κ1) is 11.5. The molecule has 0 N–H and O–H groups in total. The highest BCUT2D eigenvalue weighted by Gasteiger charge is 2.07. The SMILES string of the molecule is C=CC(C)c1cc(C#N)cc(C(C)C)c1. The van der Waals surface area contributed by atoms with Gasteiger partial charge in [-0.25, -0.2) is 0 Å². The van der Waals surface area contributed by atoms with Gasteiger partial charge >= 0.3 is 0 Å². The van der Waals surface area contributed by atoms with Crippen molar-refractivity contribution in [3.63, 3.8) is 0 Å². The van der Waals surface area contributed by atoms with Crippen molar-refractivity contribution in [1.29, 1.82) is 5.26 Å². The average molecular weight is 199 g/mol. The summed E-state index contributed by atoms with van der Waals surface area (Å²) in [5, 5.41) is 8.95. The molecule has 0 fully saturated rings. The molecule has 1 aromatic carbocycles. The van der Waals surface area contributed by atoms with E-state index in [-0.39, 0.29) is 0 Å². The Morgan fingerprint density at radius 1 is 1.20 bits per heavy atom. The number of hydrogen-bond donors (Lipinski definition) is 0. The van der Waals surface area contributed by atoms with Gasteiger partial charge in [-0.3, -0.25) is 0 Å².